The van der Waals surface area contributed by atoms with E-state index < -0.39 is 11.7 Å². The molecule has 0 saturated carbocycles. The van der Waals surface area contributed by atoms with E-state index in [2.05, 4.69) is 10.3 Å². The first-order chi connectivity index (χ1) is 6.20. The van der Waals surface area contributed by atoms with Gasteiger partial charge < -0.3 is 10.7 Å². The fourth-order valence-corrected chi connectivity index (χ4v) is 0.854. The third-order valence-corrected chi connectivity index (χ3v) is 1.50. The van der Waals surface area contributed by atoms with Crippen molar-refractivity contribution in [2.45, 2.75) is 0 Å². The van der Waals surface area contributed by atoms with Crippen molar-refractivity contribution in [1.29, 1.82) is 0 Å². The van der Waals surface area contributed by atoms with Crippen molar-refractivity contribution in [3.63, 3.8) is 0 Å². The summed E-state index contributed by atoms with van der Waals surface area (Å²) in [6, 6.07) is 1.27. The van der Waals surface area contributed by atoms with E-state index in [1.165, 1.54) is 19.3 Å². The highest BCUT2D eigenvalue weighted by atomic mass is 19.1. The first kappa shape index (κ1) is 9.40. The summed E-state index contributed by atoms with van der Waals surface area (Å²) in [5, 5.41) is 2.30. The number of hydrogen-bond donors (Lipinski definition) is 3. The van der Waals surface area contributed by atoms with Gasteiger partial charge in [-0.3, -0.25) is 4.79 Å². The van der Waals surface area contributed by atoms with Gasteiger partial charge in [-0.05, 0) is 6.07 Å². The summed E-state index contributed by atoms with van der Waals surface area (Å²) in [7, 11) is 1.41. The van der Waals surface area contributed by atoms with Crippen molar-refractivity contribution in [2.24, 2.45) is 5.84 Å². The molecule has 0 aliphatic carbocycles. The van der Waals surface area contributed by atoms with Crippen LogP contribution >= 0.6 is 0 Å². The number of rotatable bonds is 2. The molecule has 1 rings (SSSR count). The smallest absolute Gasteiger partial charge is 0.254 e. The minimum atomic E-state index is -0.760. The number of nitrogens with one attached hydrogen (secondary N) is 2. The topological polar surface area (TPSA) is 80.0 Å². The molecular weight excluding hydrogens is 175 g/mol. The third-order valence-electron chi connectivity index (χ3n) is 1.50. The normalized spacial score (nSPS) is 9.46. The molecule has 0 unspecified atom stereocenters. The molecule has 1 amide bonds. The molecule has 1 aromatic heterocycles. The van der Waals surface area contributed by atoms with Crippen molar-refractivity contribution >= 4 is 11.7 Å². The lowest BCUT2D eigenvalue weighted by Crippen LogP contribution is -2.21. The zero-order valence-electron chi connectivity index (χ0n) is 6.97. The lowest BCUT2D eigenvalue weighted by molar-refractivity contribution is 0.0959. The Morgan fingerprint density at radius 2 is 2.38 bits per heavy atom. The Bertz CT molecular complexity index is 328. The number of amides is 1. The highest BCUT2D eigenvalue weighted by Crippen LogP contribution is 2.13. The number of halogens is 1. The molecule has 13 heavy (non-hydrogen) atoms. The van der Waals surface area contributed by atoms with Crippen molar-refractivity contribution < 1.29 is 9.18 Å². The second-order valence-corrected chi connectivity index (χ2v) is 2.24. The predicted octanol–water partition coefficient (Wildman–Crippen LogP) is -0.134. The zero-order valence-corrected chi connectivity index (χ0v) is 6.97. The van der Waals surface area contributed by atoms with E-state index in [0.717, 1.165) is 0 Å². The Hall–Kier alpha value is -1.69. The number of carbonyl (C=O) groups is 1. The monoisotopic (exact) mass is 184 g/mol. The van der Waals surface area contributed by atoms with Gasteiger partial charge >= 0.3 is 0 Å². The summed E-state index contributed by atoms with van der Waals surface area (Å²) >= 11 is 0. The molecule has 5 nitrogen and oxygen atoms in total. The highest BCUT2D eigenvalue weighted by molar-refractivity contribution is 5.94. The molecular formula is C7H9FN4O. The number of anilines is 1. The molecule has 1 heterocycles. The summed E-state index contributed by atoms with van der Waals surface area (Å²) < 4.78 is 13.2. The standard InChI is InChI=1S/C7H9FN4O/c1-10-7(13)4-2-3-11-6(12-9)5(4)8/h2-3H,9H2,1H3,(H,10,13)(H,11,12). The highest BCUT2D eigenvalue weighted by Gasteiger charge is 2.13. The molecule has 0 atom stereocenters. The molecule has 1 aromatic rings. The van der Waals surface area contributed by atoms with E-state index in [0.29, 0.717) is 0 Å². The Morgan fingerprint density at radius 1 is 1.69 bits per heavy atom. The van der Waals surface area contributed by atoms with E-state index >= 15 is 0 Å². The molecule has 0 bridgehead atoms. The van der Waals surface area contributed by atoms with Gasteiger partial charge in [0.05, 0.1) is 5.56 Å². The Kier molecular flexibility index (Phi) is 2.76. The van der Waals surface area contributed by atoms with Crippen LogP contribution in [0.2, 0.25) is 0 Å². The van der Waals surface area contributed by atoms with Crippen molar-refractivity contribution in [3.05, 3.63) is 23.6 Å². The fourth-order valence-electron chi connectivity index (χ4n) is 0.854. The number of aromatic nitrogens is 1. The predicted molar refractivity (Wildman–Crippen MR) is 45.4 cm³/mol. The first-order valence-electron chi connectivity index (χ1n) is 3.54. The quantitative estimate of drug-likeness (QED) is 0.441. The van der Waals surface area contributed by atoms with Crippen molar-refractivity contribution in [2.75, 3.05) is 12.5 Å². The summed E-state index contributed by atoms with van der Waals surface area (Å²) in [5.41, 5.74) is 1.96. The molecule has 0 radical (unpaired) electrons. The summed E-state index contributed by atoms with van der Waals surface area (Å²) in [6.07, 6.45) is 1.29. The fraction of sp³-hybridized carbons (Fsp3) is 0.143. The van der Waals surface area contributed by atoms with Gasteiger partial charge in [-0.25, -0.2) is 15.2 Å². The van der Waals surface area contributed by atoms with Crippen molar-refractivity contribution in [3.8, 4) is 0 Å². The van der Waals surface area contributed by atoms with Crippen molar-refractivity contribution in [1.82, 2.24) is 10.3 Å². The first-order valence-corrected chi connectivity index (χ1v) is 3.54. The van der Waals surface area contributed by atoms with Crippen LogP contribution in [0.3, 0.4) is 0 Å². The average molecular weight is 184 g/mol. The van der Waals surface area contributed by atoms with E-state index in [4.69, 9.17) is 5.84 Å². The minimum Gasteiger partial charge on any atom is -0.355 e. The molecule has 0 fully saturated rings. The molecule has 4 N–H and O–H groups in total. The number of nitrogens with zero attached hydrogens (tertiary/aromatic N) is 1. The van der Waals surface area contributed by atoms with Crippen LogP contribution in [0, 0.1) is 5.82 Å². The van der Waals surface area contributed by atoms with E-state index in [1.807, 2.05) is 5.43 Å². The van der Waals surface area contributed by atoms with Crippen LogP contribution in [-0.4, -0.2) is 17.9 Å². The van der Waals surface area contributed by atoms with Crippen LogP contribution in [0.15, 0.2) is 12.3 Å². The second-order valence-electron chi connectivity index (χ2n) is 2.24. The summed E-state index contributed by atoms with van der Waals surface area (Å²) in [5.74, 6) is 3.55. The SMILES string of the molecule is CNC(=O)c1ccnc(NN)c1F. The largest absolute Gasteiger partial charge is 0.355 e. The van der Waals surface area contributed by atoms with Crippen LogP contribution in [0.5, 0.6) is 0 Å². The average Bonchev–Trinajstić information content (AvgIpc) is 2.17. The Balaban J connectivity index is 3.15. The van der Waals surface area contributed by atoms with Gasteiger partial charge in [0.15, 0.2) is 11.6 Å². The van der Waals surface area contributed by atoms with Crippen LogP contribution in [0.4, 0.5) is 10.2 Å². The van der Waals surface area contributed by atoms with Crippen LogP contribution in [-0.2, 0) is 0 Å². The number of nitrogens with two attached hydrogens (primary N) is 1. The lowest BCUT2D eigenvalue weighted by atomic mass is 10.2. The summed E-state index contributed by atoms with van der Waals surface area (Å²) in [4.78, 5) is 14.6. The Morgan fingerprint density at radius 3 is 2.92 bits per heavy atom. The number of hydrogen-bond acceptors (Lipinski definition) is 4. The van der Waals surface area contributed by atoms with Crippen LogP contribution in [0.25, 0.3) is 0 Å². The van der Waals surface area contributed by atoms with E-state index in [-0.39, 0.29) is 11.4 Å². The van der Waals surface area contributed by atoms with Gasteiger partial charge in [0.25, 0.3) is 5.91 Å². The molecule has 70 valence electrons. The third kappa shape index (κ3) is 1.73. The maximum atomic E-state index is 13.2. The number of nitrogen functional groups attached to an aromatic ring is 1. The molecule has 0 spiro atoms. The molecule has 6 heteroatoms. The number of carbonyl (C=O) groups excluding carboxylic acids is 1. The van der Waals surface area contributed by atoms with Gasteiger partial charge in [0.1, 0.15) is 0 Å². The second kappa shape index (κ2) is 3.81. The van der Waals surface area contributed by atoms with Crippen LogP contribution < -0.4 is 16.6 Å². The van der Waals surface area contributed by atoms with E-state index in [9.17, 15) is 9.18 Å². The molecule has 0 saturated heterocycles. The number of hydrazine groups is 1. The van der Waals surface area contributed by atoms with Gasteiger partial charge in [-0.2, -0.15) is 0 Å². The minimum absolute atomic E-state index is 0.0922. The van der Waals surface area contributed by atoms with E-state index in [1.54, 1.807) is 0 Å². The maximum Gasteiger partial charge on any atom is 0.254 e. The van der Waals surface area contributed by atoms with Gasteiger partial charge in [0.2, 0.25) is 0 Å². The molecule has 0 aromatic carbocycles. The zero-order chi connectivity index (χ0) is 9.84. The molecule has 0 aliphatic rings. The van der Waals surface area contributed by atoms with Gasteiger partial charge in [0, 0.05) is 13.2 Å². The lowest BCUT2D eigenvalue weighted by Gasteiger charge is -2.04. The van der Waals surface area contributed by atoms with Crippen LogP contribution in [0.1, 0.15) is 10.4 Å². The van der Waals surface area contributed by atoms with Gasteiger partial charge in [-0.15, -0.1) is 0 Å². The molecule has 0 aliphatic heterocycles. The summed E-state index contributed by atoms with van der Waals surface area (Å²) in [6.45, 7) is 0. The Labute approximate surface area is 74.1 Å². The van der Waals surface area contributed by atoms with Gasteiger partial charge in [-0.1, -0.05) is 0 Å². The number of pyridine rings is 1. The maximum absolute atomic E-state index is 13.2.